The molecule has 3 aromatic rings. The molecule has 0 aliphatic carbocycles. The summed E-state index contributed by atoms with van der Waals surface area (Å²) in [6.45, 7) is 7.95. The van der Waals surface area contributed by atoms with Gasteiger partial charge in [-0.3, -0.25) is 9.10 Å². The second kappa shape index (κ2) is 11.7. The number of nitrogens with zero attached hydrogens (tertiary/aromatic N) is 2. The molecule has 0 fully saturated rings. The summed E-state index contributed by atoms with van der Waals surface area (Å²) >= 11 is 0. The summed E-state index contributed by atoms with van der Waals surface area (Å²) in [5, 5.41) is 4.16. The van der Waals surface area contributed by atoms with E-state index in [0.29, 0.717) is 23.9 Å². The molecule has 1 amide bonds. The summed E-state index contributed by atoms with van der Waals surface area (Å²) in [6, 6.07) is 22.6. The molecule has 0 aromatic heterocycles. The van der Waals surface area contributed by atoms with Crippen molar-refractivity contribution >= 4 is 27.3 Å². The first-order chi connectivity index (χ1) is 16.7. The number of carbonyl (C=O) groups excluding carboxylic acids is 1. The van der Waals surface area contributed by atoms with Crippen molar-refractivity contribution in [3.05, 3.63) is 90.0 Å². The van der Waals surface area contributed by atoms with Gasteiger partial charge in [0.2, 0.25) is 0 Å². The molecule has 0 bridgehead atoms. The summed E-state index contributed by atoms with van der Waals surface area (Å²) in [4.78, 5) is 12.9. The van der Waals surface area contributed by atoms with Crippen LogP contribution in [-0.4, -0.2) is 33.2 Å². The molecule has 3 aromatic carbocycles. The van der Waals surface area contributed by atoms with Crippen LogP contribution >= 0.6 is 0 Å². The van der Waals surface area contributed by atoms with Crippen LogP contribution in [0.2, 0.25) is 0 Å². The van der Waals surface area contributed by atoms with Crippen LogP contribution in [0.5, 0.6) is 5.75 Å². The number of sulfonamides is 1. The van der Waals surface area contributed by atoms with E-state index in [1.165, 1.54) is 12.1 Å². The highest BCUT2D eigenvalue weighted by Crippen LogP contribution is 2.25. The van der Waals surface area contributed by atoms with Crippen molar-refractivity contribution in [2.75, 3.05) is 17.5 Å². The lowest BCUT2D eigenvalue weighted by Crippen LogP contribution is -2.39. The number of carbonyl (C=O) groups is 1. The Morgan fingerprint density at radius 1 is 0.971 bits per heavy atom. The van der Waals surface area contributed by atoms with Crippen LogP contribution in [0, 0.1) is 0 Å². The van der Waals surface area contributed by atoms with Gasteiger partial charge in [-0.25, -0.2) is 13.8 Å². The van der Waals surface area contributed by atoms with E-state index in [1.807, 2.05) is 43.3 Å². The van der Waals surface area contributed by atoms with Crippen molar-refractivity contribution in [3.63, 3.8) is 0 Å². The van der Waals surface area contributed by atoms with Crippen LogP contribution in [0.25, 0.3) is 0 Å². The van der Waals surface area contributed by atoms with Crippen molar-refractivity contribution in [1.82, 2.24) is 5.43 Å². The van der Waals surface area contributed by atoms with Crippen molar-refractivity contribution in [3.8, 4) is 5.75 Å². The largest absolute Gasteiger partial charge is 0.494 e. The quantitative estimate of drug-likeness (QED) is 0.320. The Labute approximate surface area is 207 Å². The lowest BCUT2D eigenvalue weighted by molar-refractivity contribution is -0.119. The highest BCUT2D eigenvalue weighted by Gasteiger charge is 2.27. The van der Waals surface area contributed by atoms with Gasteiger partial charge in [0.05, 0.1) is 22.9 Å². The monoisotopic (exact) mass is 493 g/mol. The fourth-order valence-electron chi connectivity index (χ4n) is 3.40. The van der Waals surface area contributed by atoms with Crippen LogP contribution < -0.4 is 14.5 Å². The Morgan fingerprint density at radius 3 is 2.17 bits per heavy atom. The van der Waals surface area contributed by atoms with Crippen LogP contribution in [-0.2, 0) is 14.8 Å². The molecule has 0 unspecified atom stereocenters. The predicted molar refractivity (Wildman–Crippen MR) is 139 cm³/mol. The highest BCUT2D eigenvalue weighted by atomic mass is 32.2. The second-order valence-corrected chi connectivity index (χ2v) is 10.1. The van der Waals surface area contributed by atoms with E-state index >= 15 is 0 Å². The zero-order chi connectivity index (χ0) is 25.4. The molecule has 0 spiro atoms. The first-order valence-corrected chi connectivity index (χ1v) is 12.9. The van der Waals surface area contributed by atoms with Crippen molar-refractivity contribution in [2.24, 2.45) is 5.10 Å². The molecule has 35 heavy (non-hydrogen) atoms. The zero-order valence-electron chi connectivity index (χ0n) is 20.4. The first-order valence-electron chi connectivity index (χ1n) is 11.5. The summed E-state index contributed by atoms with van der Waals surface area (Å²) in [7, 11) is -3.97. The molecule has 0 aliphatic rings. The van der Waals surface area contributed by atoms with Gasteiger partial charge in [0, 0.05) is 0 Å². The molecule has 0 heterocycles. The van der Waals surface area contributed by atoms with Crippen molar-refractivity contribution < 1.29 is 17.9 Å². The SMILES string of the molecule is CCOc1ccc(/C(C)=N\NC(=O)CN(c2ccc(C(C)C)cc2)S(=O)(=O)c2ccccc2)cc1. The van der Waals surface area contributed by atoms with Gasteiger partial charge in [-0.2, -0.15) is 5.10 Å². The maximum Gasteiger partial charge on any atom is 0.264 e. The third kappa shape index (κ3) is 6.70. The normalized spacial score (nSPS) is 11.9. The van der Waals surface area contributed by atoms with Gasteiger partial charge in [-0.1, -0.05) is 44.2 Å². The summed E-state index contributed by atoms with van der Waals surface area (Å²) in [5.74, 6) is 0.493. The highest BCUT2D eigenvalue weighted by molar-refractivity contribution is 7.92. The molecular formula is C27H31N3O4S. The number of nitrogens with one attached hydrogen (secondary N) is 1. The molecule has 7 nitrogen and oxygen atoms in total. The molecule has 0 radical (unpaired) electrons. The van der Waals surface area contributed by atoms with Crippen molar-refractivity contribution in [1.29, 1.82) is 0 Å². The van der Waals surface area contributed by atoms with Gasteiger partial charge in [0.15, 0.2) is 0 Å². The number of hydrogen-bond donors (Lipinski definition) is 1. The molecule has 3 rings (SSSR count). The Bertz CT molecular complexity index is 1250. The molecule has 0 saturated carbocycles. The van der Waals surface area contributed by atoms with E-state index in [9.17, 15) is 13.2 Å². The summed E-state index contributed by atoms with van der Waals surface area (Å²) in [5.41, 5.74) is 5.36. The van der Waals surface area contributed by atoms with Gasteiger partial charge in [-0.15, -0.1) is 0 Å². The van der Waals surface area contributed by atoms with E-state index in [-0.39, 0.29) is 4.90 Å². The summed E-state index contributed by atoms with van der Waals surface area (Å²) in [6.07, 6.45) is 0. The van der Waals surface area contributed by atoms with E-state index < -0.39 is 22.5 Å². The van der Waals surface area contributed by atoms with Crippen LogP contribution in [0.1, 0.15) is 44.7 Å². The Morgan fingerprint density at radius 2 is 1.60 bits per heavy atom. The van der Waals surface area contributed by atoms with E-state index in [1.54, 1.807) is 37.3 Å². The van der Waals surface area contributed by atoms with Crippen LogP contribution in [0.15, 0.2) is 88.9 Å². The standard InChI is InChI=1S/C27H31N3O4S/c1-5-34-25-17-13-23(14-18-25)21(4)28-29-27(31)19-30(24-15-11-22(12-16-24)20(2)3)35(32,33)26-9-7-6-8-10-26/h6-18,20H,5,19H2,1-4H3,(H,29,31)/b28-21-. The minimum absolute atomic E-state index is 0.106. The number of amides is 1. The number of hydrogen-bond acceptors (Lipinski definition) is 5. The second-order valence-electron chi connectivity index (χ2n) is 8.26. The van der Waals surface area contributed by atoms with E-state index in [2.05, 4.69) is 24.4 Å². The third-order valence-corrected chi connectivity index (χ3v) is 7.19. The number of anilines is 1. The van der Waals surface area contributed by atoms with Gasteiger partial charge in [0.25, 0.3) is 15.9 Å². The minimum Gasteiger partial charge on any atom is -0.494 e. The van der Waals surface area contributed by atoms with Gasteiger partial charge in [-0.05, 0) is 79.4 Å². The molecule has 0 aliphatic heterocycles. The predicted octanol–water partition coefficient (Wildman–Crippen LogP) is 4.94. The minimum atomic E-state index is -3.97. The van der Waals surface area contributed by atoms with Gasteiger partial charge < -0.3 is 4.74 Å². The van der Waals surface area contributed by atoms with E-state index in [0.717, 1.165) is 21.2 Å². The zero-order valence-corrected chi connectivity index (χ0v) is 21.2. The lowest BCUT2D eigenvalue weighted by Gasteiger charge is -2.24. The Hall–Kier alpha value is -3.65. The molecule has 0 atom stereocenters. The number of hydrazone groups is 1. The molecule has 1 N–H and O–H groups in total. The number of ether oxygens (including phenoxy) is 1. The smallest absolute Gasteiger partial charge is 0.264 e. The average molecular weight is 494 g/mol. The fraction of sp³-hybridized carbons (Fsp3) is 0.259. The maximum absolute atomic E-state index is 13.4. The van der Waals surface area contributed by atoms with Crippen LogP contribution in [0.3, 0.4) is 0 Å². The first kappa shape index (κ1) is 26.0. The number of benzene rings is 3. The van der Waals surface area contributed by atoms with Crippen LogP contribution in [0.4, 0.5) is 5.69 Å². The topological polar surface area (TPSA) is 88.1 Å². The molecule has 184 valence electrons. The van der Waals surface area contributed by atoms with Gasteiger partial charge in [0.1, 0.15) is 12.3 Å². The Balaban J connectivity index is 1.82. The fourth-order valence-corrected chi connectivity index (χ4v) is 4.84. The lowest BCUT2D eigenvalue weighted by atomic mass is 10.0. The van der Waals surface area contributed by atoms with Gasteiger partial charge >= 0.3 is 0 Å². The Kier molecular flexibility index (Phi) is 8.65. The molecule has 0 saturated heterocycles. The molecule has 8 heteroatoms. The summed E-state index contributed by atoms with van der Waals surface area (Å²) < 4.78 is 33.4. The number of rotatable bonds is 10. The molecular weight excluding hydrogens is 462 g/mol. The third-order valence-electron chi connectivity index (χ3n) is 5.40. The van der Waals surface area contributed by atoms with E-state index in [4.69, 9.17) is 4.74 Å². The maximum atomic E-state index is 13.4. The average Bonchev–Trinajstić information content (AvgIpc) is 2.87. The van der Waals surface area contributed by atoms with Crippen molar-refractivity contribution in [2.45, 2.75) is 38.5 Å².